The number of methoxy groups -OCH3 is 1. The van der Waals surface area contributed by atoms with Gasteiger partial charge in [-0.3, -0.25) is 0 Å². The third kappa shape index (κ3) is 2.80. The molecule has 0 heterocycles. The van der Waals surface area contributed by atoms with Gasteiger partial charge in [0.2, 0.25) is 0 Å². The van der Waals surface area contributed by atoms with Gasteiger partial charge >= 0.3 is 0 Å². The summed E-state index contributed by atoms with van der Waals surface area (Å²) in [5.41, 5.74) is 1.21. The third-order valence-corrected chi connectivity index (χ3v) is 2.52. The van der Waals surface area contributed by atoms with E-state index in [2.05, 4.69) is 11.4 Å². The number of nitrogens with one attached hydrogen (secondary N) is 1. The van der Waals surface area contributed by atoms with Gasteiger partial charge in [-0.1, -0.05) is 11.6 Å². The van der Waals surface area contributed by atoms with Crippen LogP contribution >= 0.6 is 11.6 Å². The Bertz CT molecular complexity index is 435. The van der Waals surface area contributed by atoms with Crippen LogP contribution in [0.25, 0.3) is 0 Å². The minimum Gasteiger partial charge on any atom is -0.495 e. The van der Waals surface area contributed by atoms with Crippen molar-refractivity contribution >= 4 is 17.3 Å². The fraction of sp³-hybridized carbons (Fsp3) is 0.417. The maximum Gasteiger partial charge on any atom is 0.137 e. The summed E-state index contributed by atoms with van der Waals surface area (Å²) in [6, 6.07) is 5.80. The molecule has 0 aliphatic carbocycles. The van der Waals surface area contributed by atoms with Gasteiger partial charge in [0, 0.05) is 5.69 Å². The van der Waals surface area contributed by atoms with Gasteiger partial charge in [0.1, 0.15) is 11.3 Å². The van der Waals surface area contributed by atoms with Crippen LogP contribution in [0.4, 0.5) is 5.69 Å². The van der Waals surface area contributed by atoms with Crippen LogP contribution in [0.2, 0.25) is 5.02 Å². The number of anilines is 1. The first-order valence-electron chi connectivity index (χ1n) is 4.93. The highest BCUT2D eigenvalue weighted by molar-refractivity contribution is 6.32. The summed E-state index contributed by atoms with van der Waals surface area (Å²) in [5, 5.41) is 12.6. The van der Waals surface area contributed by atoms with Crippen molar-refractivity contribution in [1.29, 1.82) is 5.26 Å². The molecule has 16 heavy (non-hydrogen) atoms. The predicted octanol–water partition coefficient (Wildman–Crippen LogP) is 3.37. The Morgan fingerprint density at radius 2 is 2.06 bits per heavy atom. The molecule has 4 heteroatoms. The number of nitriles is 1. The van der Waals surface area contributed by atoms with E-state index in [0.29, 0.717) is 10.8 Å². The first kappa shape index (κ1) is 12.7. The van der Waals surface area contributed by atoms with E-state index in [1.54, 1.807) is 13.2 Å². The summed E-state index contributed by atoms with van der Waals surface area (Å²) in [5.74, 6) is 0.638. The fourth-order valence-electron chi connectivity index (χ4n) is 1.31. The van der Waals surface area contributed by atoms with E-state index < -0.39 is 5.54 Å². The molecule has 0 aliphatic heterocycles. The average molecular weight is 239 g/mol. The van der Waals surface area contributed by atoms with Gasteiger partial charge in [-0.05, 0) is 38.5 Å². The maximum atomic E-state index is 8.95. The second-order valence-corrected chi connectivity index (χ2v) is 4.57. The van der Waals surface area contributed by atoms with Crippen LogP contribution < -0.4 is 10.1 Å². The molecular formula is C12H15ClN2O. The molecule has 86 valence electrons. The Hall–Kier alpha value is -1.40. The van der Waals surface area contributed by atoms with Crippen molar-refractivity contribution < 1.29 is 4.74 Å². The Morgan fingerprint density at radius 3 is 2.56 bits per heavy atom. The summed E-state index contributed by atoms with van der Waals surface area (Å²) < 4.78 is 5.11. The highest BCUT2D eigenvalue weighted by Gasteiger charge is 2.17. The van der Waals surface area contributed by atoms with Gasteiger partial charge in [-0.25, -0.2) is 0 Å². The van der Waals surface area contributed by atoms with Crippen molar-refractivity contribution in [3.63, 3.8) is 0 Å². The highest BCUT2D eigenvalue weighted by Crippen LogP contribution is 2.31. The number of nitrogens with zero attached hydrogens (tertiary/aromatic N) is 1. The van der Waals surface area contributed by atoms with Gasteiger partial charge < -0.3 is 10.1 Å². The van der Waals surface area contributed by atoms with E-state index in [-0.39, 0.29) is 0 Å². The molecule has 0 fully saturated rings. The molecule has 1 N–H and O–H groups in total. The molecule has 1 aromatic carbocycles. The molecule has 1 rings (SSSR count). The Morgan fingerprint density at radius 1 is 1.44 bits per heavy atom. The van der Waals surface area contributed by atoms with Crippen molar-refractivity contribution in [2.45, 2.75) is 26.3 Å². The summed E-state index contributed by atoms with van der Waals surface area (Å²) in [4.78, 5) is 0. The fourth-order valence-corrected chi connectivity index (χ4v) is 1.55. The van der Waals surface area contributed by atoms with Crippen LogP contribution in [0.1, 0.15) is 19.4 Å². The minimum absolute atomic E-state index is 0.532. The lowest BCUT2D eigenvalue weighted by Gasteiger charge is -2.21. The van der Waals surface area contributed by atoms with Gasteiger partial charge in [-0.15, -0.1) is 0 Å². The monoisotopic (exact) mass is 238 g/mol. The van der Waals surface area contributed by atoms with Crippen molar-refractivity contribution in [3.05, 3.63) is 22.7 Å². The summed E-state index contributed by atoms with van der Waals surface area (Å²) >= 11 is 6.03. The number of ether oxygens (including phenoxy) is 1. The zero-order valence-corrected chi connectivity index (χ0v) is 10.6. The molecule has 0 atom stereocenters. The molecule has 0 unspecified atom stereocenters. The first-order valence-corrected chi connectivity index (χ1v) is 5.31. The van der Waals surface area contributed by atoms with Crippen molar-refractivity contribution in [2.75, 3.05) is 12.4 Å². The number of aryl methyl sites for hydroxylation is 1. The lowest BCUT2D eigenvalue weighted by atomic mass is 10.1. The Labute approximate surface area is 101 Å². The van der Waals surface area contributed by atoms with E-state index in [9.17, 15) is 0 Å². The summed E-state index contributed by atoms with van der Waals surface area (Å²) in [6.45, 7) is 5.56. The van der Waals surface area contributed by atoms with Crippen molar-refractivity contribution in [1.82, 2.24) is 0 Å². The normalized spacial score (nSPS) is 10.8. The molecule has 0 aliphatic rings. The molecule has 0 radical (unpaired) electrons. The molecule has 0 bridgehead atoms. The smallest absolute Gasteiger partial charge is 0.137 e. The van der Waals surface area contributed by atoms with E-state index in [4.69, 9.17) is 21.6 Å². The Balaban J connectivity index is 3.08. The number of rotatable bonds is 3. The summed E-state index contributed by atoms with van der Waals surface area (Å²) in [7, 11) is 1.58. The highest BCUT2D eigenvalue weighted by atomic mass is 35.5. The molecular weight excluding hydrogens is 224 g/mol. The topological polar surface area (TPSA) is 45.0 Å². The molecule has 0 amide bonds. The van der Waals surface area contributed by atoms with Crippen LogP contribution in [0.15, 0.2) is 12.1 Å². The number of hydrogen-bond acceptors (Lipinski definition) is 3. The molecule has 0 spiro atoms. The van der Waals surface area contributed by atoms with Crippen LogP contribution in [-0.4, -0.2) is 12.6 Å². The van der Waals surface area contributed by atoms with E-state index in [0.717, 1.165) is 11.3 Å². The van der Waals surface area contributed by atoms with E-state index in [1.807, 2.05) is 26.8 Å². The van der Waals surface area contributed by atoms with Crippen LogP contribution in [0.3, 0.4) is 0 Å². The van der Waals surface area contributed by atoms with Gasteiger partial charge in [0.25, 0.3) is 0 Å². The predicted molar refractivity (Wildman–Crippen MR) is 66.1 cm³/mol. The average Bonchev–Trinajstić information content (AvgIpc) is 2.22. The van der Waals surface area contributed by atoms with Gasteiger partial charge in [0.15, 0.2) is 0 Å². The Kier molecular flexibility index (Phi) is 3.66. The van der Waals surface area contributed by atoms with Crippen LogP contribution in [-0.2, 0) is 0 Å². The zero-order valence-electron chi connectivity index (χ0n) is 9.89. The molecule has 0 saturated carbocycles. The minimum atomic E-state index is -0.622. The standard InChI is InChI=1S/C12H15ClN2O/c1-8-5-11(16-4)9(13)6-10(8)15-12(2,3)7-14/h5-6,15H,1-4H3. The number of benzene rings is 1. The zero-order chi connectivity index (χ0) is 12.3. The van der Waals surface area contributed by atoms with Crippen molar-refractivity contribution in [2.24, 2.45) is 0 Å². The number of hydrogen-bond donors (Lipinski definition) is 1. The lowest BCUT2D eigenvalue weighted by molar-refractivity contribution is 0.415. The quantitative estimate of drug-likeness (QED) is 0.878. The largest absolute Gasteiger partial charge is 0.495 e. The summed E-state index contributed by atoms with van der Waals surface area (Å²) in [6.07, 6.45) is 0. The first-order chi connectivity index (χ1) is 7.39. The third-order valence-electron chi connectivity index (χ3n) is 2.23. The van der Waals surface area contributed by atoms with Crippen LogP contribution in [0.5, 0.6) is 5.75 Å². The second-order valence-electron chi connectivity index (χ2n) is 4.16. The second kappa shape index (κ2) is 4.63. The molecule has 0 saturated heterocycles. The van der Waals surface area contributed by atoms with Gasteiger partial charge in [-0.2, -0.15) is 5.26 Å². The van der Waals surface area contributed by atoms with E-state index >= 15 is 0 Å². The molecule has 3 nitrogen and oxygen atoms in total. The number of halogens is 1. The maximum absolute atomic E-state index is 8.95. The molecule has 1 aromatic rings. The van der Waals surface area contributed by atoms with E-state index in [1.165, 1.54) is 0 Å². The molecule has 0 aromatic heterocycles. The van der Waals surface area contributed by atoms with Crippen LogP contribution in [0, 0.1) is 18.3 Å². The van der Waals surface area contributed by atoms with Gasteiger partial charge in [0.05, 0.1) is 18.2 Å². The SMILES string of the molecule is COc1cc(C)c(NC(C)(C)C#N)cc1Cl. The van der Waals surface area contributed by atoms with Crippen molar-refractivity contribution in [3.8, 4) is 11.8 Å². The lowest BCUT2D eigenvalue weighted by Crippen LogP contribution is -2.28.